The lowest BCUT2D eigenvalue weighted by atomic mass is 10.1. The molecular formula is C16H13ClFN3O3. The van der Waals surface area contributed by atoms with E-state index in [4.69, 9.17) is 16.7 Å². The Balaban J connectivity index is 1.85. The molecule has 1 aromatic heterocycles. The molecule has 1 aliphatic rings. The minimum atomic E-state index is -1.13. The van der Waals surface area contributed by atoms with Gasteiger partial charge < -0.3 is 15.7 Å². The Kier molecular flexibility index (Phi) is 4.35. The molecule has 2 aromatic rings. The van der Waals surface area contributed by atoms with Crippen molar-refractivity contribution in [2.24, 2.45) is 0 Å². The average Bonchev–Trinajstić information content (AvgIpc) is 2.93. The van der Waals surface area contributed by atoms with Crippen LogP contribution >= 0.6 is 11.6 Å². The van der Waals surface area contributed by atoms with Crippen LogP contribution in [-0.2, 0) is 6.42 Å². The van der Waals surface area contributed by atoms with Crippen LogP contribution in [-0.4, -0.2) is 22.1 Å². The molecule has 3 rings (SSSR count). The largest absolute Gasteiger partial charge is 0.465 e. The molecule has 0 saturated carbocycles. The van der Waals surface area contributed by atoms with Crippen LogP contribution in [0.4, 0.5) is 14.9 Å². The van der Waals surface area contributed by atoms with E-state index in [1.54, 1.807) is 6.07 Å². The average molecular weight is 350 g/mol. The molecule has 0 radical (unpaired) electrons. The minimum absolute atomic E-state index is 0.0847. The Morgan fingerprint density at radius 2 is 2.12 bits per heavy atom. The topological polar surface area (TPSA) is 91.3 Å². The Morgan fingerprint density at radius 3 is 2.83 bits per heavy atom. The van der Waals surface area contributed by atoms with Crippen LogP contribution in [0.3, 0.4) is 0 Å². The van der Waals surface area contributed by atoms with E-state index in [1.165, 1.54) is 24.4 Å². The molecular weight excluding hydrogens is 337 g/mol. The Morgan fingerprint density at radius 1 is 1.33 bits per heavy atom. The number of carboxylic acid groups (broad SMARTS) is 1. The second-order valence-corrected chi connectivity index (χ2v) is 5.75. The molecule has 124 valence electrons. The van der Waals surface area contributed by atoms with Crippen molar-refractivity contribution in [1.29, 1.82) is 0 Å². The van der Waals surface area contributed by atoms with Crippen molar-refractivity contribution in [3.05, 3.63) is 58.1 Å². The highest BCUT2D eigenvalue weighted by atomic mass is 35.5. The molecule has 1 aromatic carbocycles. The number of benzene rings is 1. The molecule has 1 heterocycles. The lowest BCUT2D eigenvalue weighted by Crippen LogP contribution is -2.25. The zero-order chi connectivity index (χ0) is 17.3. The molecule has 24 heavy (non-hydrogen) atoms. The first-order valence-corrected chi connectivity index (χ1v) is 7.57. The smallest absolute Gasteiger partial charge is 0.405 e. The number of halogens is 2. The summed E-state index contributed by atoms with van der Waals surface area (Å²) in [6.45, 7) is 0. The molecule has 0 fully saturated rings. The number of nitrogens with one attached hydrogen (secondary N) is 2. The number of hydrogen-bond acceptors (Lipinski definition) is 3. The predicted molar refractivity (Wildman–Crippen MR) is 85.8 cm³/mol. The maximum absolute atomic E-state index is 13.2. The van der Waals surface area contributed by atoms with Crippen LogP contribution in [0, 0.1) is 5.82 Å². The van der Waals surface area contributed by atoms with Crippen molar-refractivity contribution in [3.8, 4) is 0 Å². The Bertz CT molecular complexity index is 828. The molecule has 1 unspecified atom stereocenters. The Labute approximate surface area is 141 Å². The number of amides is 2. The summed E-state index contributed by atoms with van der Waals surface area (Å²) in [6, 6.07) is 5.05. The summed E-state index contributed by atoms with van der Waals surface area (Å²) in [5, 5.41) is 13.8. The second-order valence-electron chi connectivity index (χ2n) is 5.35. The molecule has 2 amide bonds. The van der Waals surface area contributed by atoms with Gasteiger partial charge in [0.05, 0.1) is 16.8 Å². The van der Waals surface area contributed by atoms with E-state index < -0.39 is 18.0 Å². The summed E-state index contributed by atoms with van der Waals surface area (Å²) in [6.07, 6.45) is 1.42. The first-order valence-electron chi connectivity index (χ1n) is 7.19. The van der Waals surface area contributed by atoms with E-state index >= 15 is 0 Å². The van der Waals surface area contributed by atoms with E-state index in [9.17, 15) is 14.0 Å². The van der Waals surface area contributed by atoms with Crippen molar-refractivity contribution in [3.63, 3.8) is 0 Å². The zero-order valence-corrected chi connectivity index (χ0v) is 13.1. The van der Waals surface area contributed by atoms with E-state index in [0.717, 1.165) is 0 Å². The van der Waals surface area contributed by atoms with Gasteiger partial charge in [0.2, 0.25) is 0 Å². The highest BCUT2D eigenvalue weighted by Crippen LogP contribution is 2.32. The number of nitrogens with zero attached hydrogens (tertiary/aromatic N) is 1. The van der Waals surface area contributed by atoms with Gasteiger partial charge in [-0.3, -0.25) is 9.78 Å². The van der Waals surface area contributed by atoms with Gasteiger partial charge in [-0.2, -0.15) is 0 Å². The van der Waals surface area contributed by atoms with Gasteiger partial charge in [-0.15, -0.1) is 0 Å². The van der Waals surface area contributed by atoms with Crippen LogP contribution < -0.4 is 10.6 Å². The van der Waals surface area contributed by atoms with Gasteiger partial charge in [0.25, 0.3) is 5.91 Å². The van der Waals surface area contributed by atoms with E-state index in [0.29, 0.717) is 35.3 Å². The van der Waals surface area contributed by atoms with Gasteiger partial charge in [-0.25, -0.2) is 9.18 Å². The molecule has 0 saturated heterocycles. The highest BCUT2D eigenvalue weighted by molar-refractivity contribution is 6.31. The van der Waals surface area contributed by atoms with Crippen LogP contribution in [0.1, 0.15) is 34.1 Å². The third-order valence-corrected chi connectivity index (χ3v) is 4.11. The van der Waals surface area contributed by atoms with Crippen molar-refractivity contribution >= 4 is 29.3 Å². The molecule has 3 N–H and O–H groups in total. The van der Waals surface area contributed by atoms with Gasteiger partial charge >= 0.3 is 6.09 Å². The quantitative estimate of drug-likeness (QED) is 0.792. The SMILES string of the molecule is O=C(O)NC1CCc2c(C(=O)Nc3ccc(F)c(Cl)c3)ccnc21. The standard InChI is InChI=1S/C16H13ClFN3O3/c17-11-7-8(1-3-12(11)18)20-15(22)10-5-6-19-14-9(10)2-4-13(14)21-16(23)24/h1,3,5-7,13,21H,2,4H2,(H,20,22)(H,23,24). The summed E-state index contributed by atoms with van der Waals surface area (Å²) in [4.78, 5) is 27.5. The van der Waals surface area contributed by atoms with E-state index in [2.05, 4.69) is 15.6 Å². The molecule has 0 aliphatic heterocycles. The predicted octanol–water partition coefficient (Wildman–Crippen LogP) is 3.38. The fourth-order valence-electron chi connectivity index (χ4n) is 2.77. The third-order valence-electron chi connectivity index (χ3n) is 3.82. The van der Waals surface area contributed by atoms with Crippen molar-refractivity contribution < 1.29 is 19.1 Å². The lowest BCUT2D eigenvalue weighted by molar-refractivity contribution is 0.102. The van der Waals surface area contributed by atoms with Crippen molar-refractivity contribution in [2.45, 2.75) is 18.9 Å². The Hall–Kier alpha value is -2.67. The number of rotatable bonds is 3. The van der Waals surface area contributed by atoms with Gasteiger partial charge in [0.1, 0.15) is 5.82 Å². The highest BCUT2D eigenvalue weighted by Gasteiger charge is 2.29. The van der Waals surface area contributed by atoms with Gasteiger partial charge in [0.15, 0.2) is 0 Å². The number of carbonyl (C=O) groups excluding carboxylic acids is 1. The summed E-state index contributed by atoms with van der Waals surface area (Å²) in [7, 11) is 0. The number of aromatic nitrogens is 1. The summed E-state index contributed by atoms with van der Waals surface area (Å²) in [5.41, 5.74) is 2.05. The molecule has 0 bridgehead atoms. The molecule has 1 aliphatic carbocycles. The monoisotopic (exact) mass is 349 g/mol. The second kappa shape index (κ2) is 6.45. The zero-order valence-electron chi connectivity index (χ0n) is 12.3. The third kappa shape index (κ3) is 3.16. The fourth-order valence-corrected chi connectivity index (χ4v) is 2.95. The van der Waals surface area contributed by atoms with Crippen LogP contribution in [0.2, 0.25) is 5.02 Å². The van der Waals surface area contributed by atoms with Crippen LogP contribution in [0.25, 0.3) is 0 Å². The maximum Gasteiger partial charge on any atom is 0.405 e. The maximum atomic E-state index is 13.2. The first kappa shape index (κ1) is 16.2. The van der Waals surface area contributed by atoms with Gasteiger partial charge in [-0.05, 0) is 42.7 Å². The number of anilines is 1. The summed E-state index contributed by atoms with van der Waals surface area (Å²) >= 11 is 5.70. The molecule has 1 atom stereocenters. The number of carbonyl (C=O) groups is 2. The summed E-state index contributed by atoms with van der Waals surface area (Å²) in [5.74, 6) is -0.950. The van der Waals surface area contributed by atoms with Crippen molar-refractivity contribution in [1.82, 2.24) is 10.3 Å². The van der Waals surface area contributed by atoms with Crippen LogP contribution in [0.5, 0.6) is 0 Å². The van der Waals surface area contributed by atoms with E-state index in [-0.39, 0.29) is 10.9 Å². The van der Waals surface area contributed by atoms with Gasteiger partial charge in [0, 0.05) is 17.4 Å². The van der Waals surface area contributed by atoms with Crippen LogP contribution in [0.15, 0.2) is 30.5 Å². The summed E-state index contributed by atoms with van der Waals surface area (Å²) < 4.78 is 13.2. The number of pyridine rings is 1. The molecule has 8 heteroatoms. The first-order chi connectivity index (χ1) is 11.5. The molecule has 0 spiro atoms. The fraction of sp³-hybridized carbons (Fsp3) is 0.188. The minimum Gasteiger partial charge on any atom is -0.465 e. The van der Waals surface area contributed by atoms with E-state index in [1.807, 2.05) is 0 Å². The van der Waals surface area contributed by atoms with Crippen molar-refractivity contribution in [2.75, 3.05) is 5.32 Å². The number of fused-ring (bicyclic) bond motifs is 1. The molecule has 6 nitrogen and oxygen atoms in total. The lowest BCUT2D eigenvalue weighted by Gasteiger charge is -2.12. The normalized spacial score (nSPS) is 15.7. The van der Waals surface area contributed by atoms with Gasteiger partial charge in [-0.1, -0.05) is 11.6 Å². The number of hydrogen-bond donors (Lipinski definition) is 3.